The van der Waals surface area contributed by atoms with E-state index in [1.54, 1.807) is 17.3 Å². The van der Waals surface area contributed by atoms with Crippen LogP contribution in [0.15, 0.2) is 42.7 Å². The van der Waals surface area contributed by atoms with Crippen molar-refractivity contribution < 1.29 is 13.6 Å². The van der Waals surface area contributed by atoms with E-state index in [0.717, 1.165) is 5.56 Å². The van der Waals surface area contributed by atoms with Gasteiger partial charge in [-0.15, -0.1) is 0 Å². The molecule has 1 saturated heterocycles. The highest BCUT2D eigenvalue weighted by Crippen LogP contribution is 2.23. The molecular formula is C17H17F2N3O. The third-order valence-corrected chi connectivity index (χ3v) is 4.02. The highest BCUT2D eigenvalue weighted by atomic mass is 19.1. The van der Waals surface area contributed by atoms with Crippen LogP contribution in [-0.4, -0.2) is 35.4 Å². The van der Waals surface area contributed by atoms with E-state index in [-0.39, 0.29) is 23.9 Å². The summed E-state index contributed by atoms with van der Waals surface area (Å²) in [5, 5.41) is 3.23. The number of pyridine rings is 1. The molecule has 4 nitrogen and oxygen atoms in total. The average molecular weight is 317 g/mol. The van der Waals surface area contributed by atoms with Crippen molar-refractivity contribution in [1.82, 2.24) is 15.2 Å². The van der Waals surface area contributed by atoms with E-state index in [0.29, 0.717) is 19.6 Å². The molecule has 0 bridgehead atoms. The Morgan fingerprint density at radius 2 is 2.04 bits per heavy atom. The smallest absolute Gasteiger partial charge is 0.227 e. The molecule has 1 aromatic carbocycles. The molecule has 1 aliphatic rings. The Morgan fingerprint density at radius 3 is 2.74 bits per heavy atom. The van der Waals surface area contributed by atoms with E-state index in [2.05, 4.69) is 10.3 Å². The monoisotopic (exact) mass is 317 g/mol. The zero-order chi connectivity index (χ0) is 16.2. The summed E-state index contributed by atoms with van der Waals surface area (Å²) >= 11 is 0. The molecule has 3 rings (SSSR count). The van der Waals surface area contributed by atoms with Crippen LogP contribution in [0.3, 0.4) is 0 Å². The second-order valence-corrected chi connectivity index (χ2v) is 5.47. The molecule has 1 fully saturated rings. The summed E-state index contributed by atoms with van der Waals surface area (Å²) in [4.78, 5) is 18.3. The van der Waals surface area contributed by atoms with Crippen molar-refractivity contribution in [1.29, 1.82) is 0 Å². The predicted molar refractivity (Wildman–Crippen MR) is 81.6 cm³/mol. The molecule has 120 valence electrons. The normalized spacial score (nSPS) is 18.0. The molecule has 0 saturated carbocycles. The van der Waals surface area contributed by atoms with Gasteiger partial charge in [0, 0.05) is 37.6 Å². The fourth-order valence-corrected chi connectivity index (χ4v) is 2.83. The predicted octanol–water partition coefficient (Wildman–Crippen LogP) is 2.08. The summed E-state index contributed by atoms with van der Waals surface area (Å²) in [6.45, 7) is 1.74. The molecule has 0 radical (unpaired) electrons. The average Bonchev–Trinajstić information content (AvgIpc) is 2.59. The molecule has 2 aromatic rings. The van der Waals surface area contributed by atoms with Crippen molar-refractivity contribution in [2.45, 2.75) is 12.5 Å². The van der Waals surface area contributed by atoms with Gasteiger partial charge < -0.3 is 10.2 Å². The highest BCUT2D eigenvalue weighted by molar-refractivity contribution is 5.79. The van der Waals surface area contributed by atoms with Crippen LogP contribution in [0, 0.1) is 11.6 Å². The second-order valence-electron chi connectivity index (χ2n) is 5.47. The van der Waals surface area contributed by atoms with E-state index < -0.39 is 11.6 Å². The molecule has 23 heavy (non-hydrogen) atoms. The lowest BCUT2D eigenvalue weighted by atomic mass is 10.0. The maximum Gasteiger partial charge on any atom is 0.227 e. The van der Waals surface area contributed by atoms with Gasteiger partial charge in [-0.2, -0.15) is 0 Å². The lowest BCUT2D eigenvalue weighted by Crippen LogP contribution is -2.49. The number of hydrogen-bond acceptors (Lipinski definition) is 3. The number of carbonyl (C=O) groups excluding carboxylic acids is 1. The Morgan fingerprint density at radius 1 is 1.26 bits per heavy atom. The lowest BCUT2D eigenvalue weighted by molar-refractivity contribution is -0.133. The number of nitrogens with one attached hydrogen (secondary N) is 1. The number of amides is 1. The Balaban J connectivity index is 1.82. The Hall–Kier alpha value is -2.34. The summed E-state index contributed by atoms with van der Waals surface area (Å²) in [6, 6.07) is 7.16. The maximum atomic E-state index is 13.8. The van der Waals surface area contributed by atoms with Gasteiger partial charge in [0.25, 0.3) is 0 Å². The number of piperazine rings is 1. The molecule has 1 N–H and O–H groups in total. The summed E-state index contributed by atoms with van der Waals surface area (Å²) in [7, 11) is 0. The minimum absolute atomic E-state index is 0.180. The SMILES string of the molecule is O=C(Cc1c(F)cccc1F)N1CCNCC1c1cccnc1. The van der Waals surface area contributed by atoms with E-state index in [4.69, 9.17) is 0 Å². The first-order valence-corrected chi connectivity index (χ1v) is 7.50. The van der Waals surface area contributed by atoms with E-state index >= 15 is 0 Å². The Labute approximate surface area is 133 Å². The lowest BCUT2D eigenvalue weighted by Gasteiger charge is -2.36. The van der Waals surface area contributed by atoms with Gasteiger partial charge >= 0.3 is 0 Å². The van der Waals surface area contributed by atoms with Crippen LogP contribution in [0.5, 0.6) is 0 Å². The van der Waals surface area contributed by atoms with Crippen molar-refractivity contribution in [3.63, 3.8) is 0 Å². The molecule has 1 aliphatic heterocycles. The standard InChI is InChI=1S/C17H17F2N3O/c18-14-4-1-5-15(19)13(14)9-17(23)22-8-7-21-11-16(22)12-3-2-6-20-10-12/h1-6,10,16,21H,7-9,11H2. The first-order chi connectivity index (χ1) is 11.2. The number of rotatable bonds is 3. The molecule has 0 spiro atoms. The van der Waals surface area contributed by atoms with Crippen LogP contribution in [-0.2, 0) is 11.2 Å². The van der Waals surface area contributed by atoms with Gasteiger partial charge in [0.2, 0.25) is 5.91 Å². The minimum Gasteiger partial charge on any atom is -0.333 e. The fourth-order valence-electron chi connectivity index (χ4n) is 2.83. The number of hydrogen-bond donors (Lipinski definition) is 1. The van der Waals surface area contributed by atoms with Crippen LogP contribution >= 0.6 is 0 Å². The summed E-state index contributed by atoms with van der Waals surface area (Å²) < 4.78 is 27.5. The first kappa shape index (κ1) is 15.6. The van der Waals surface area contributed by atoms with Gasteiger partial charge in [-0.05, 0) is 23.8 Å². The van der Waals surface area contributed by atoms with Gasteiger partial charge in [0.15, 0.2) is 0 Å². The van der Waals surface area contributed by atoms with Gasteiger partial charge in [-0.25, -0.2) is 8.78 Å². The minimum atomic E-state index is -0.689. The molecule has 1 unspecified atom stereocenters. The van der Waals surface area contributed by atoms with E-state index in [9.17, 15) is 13.6 Å². The summed E-state index contributed by atoms with van der Waals surface area (Å²) in [5.41, 5.74) is 0.725. The number of benzene rings is 1. The maximum absolute atomic E-state index is 13.8. The molecular weight excluding hydrogens is 300 g/mol. The van der Waals surface area contributed by atoms with E-state index in [1.165, 1.54) is 18.2 Å². The van der Waals surface area contributed by atoms with Gasteiger partial charge in [0.1, 0.15) is 11.6 Å². The first-order valence-electron chi connectivity index (χ1n) is 7.50. The van der Waals surface area contributed by atoms with Gasteiger partial charge in [0.05, 0.1) is 12.5 Å². The molecule has 2 heterocycles. The second kappa shape index (κ2) is 6.83. The topological polar surface area (TPSA) is 45.2 Å². The molecule has 1 atom stereocenters. The summed E-state index contributed by atoms with van der Waals surface area (Å²) in [6.07, 6.45) is 3.09. The summed E-state index contributed by atoms with van der Waals surface area (Å²) in [5.74, 6) is -1.66. The zero-order valence-corrected chi connectivity index (χ0v) is 12.5. The van der Waals surface area contributed by atoms with Crippen LogP contribution in [0.4, 0.5) is 8.78 Å². The number of nitrogens with zero attached hydrogens (tertiary/aromatic N) is 2. The van der Waals surface area contributed by atoms with Crippen LogP contribution in [0.25, 0.3) is 0 Å². The van der Waals surface area contributed by atoms with Crippen molar-refractivity contribution in [3.05, 3.63) is 65.5 Å². The zero-order valence-electron chi connectivity index (χ0n) is 12.5. The third-order valence-electron chi connectivity index (χ3n) is 4.02. The highest BCUT2D eigenvalue weighted by Gasteiger charge is 2.29. The number of aromatic nitrogens is 1. The molecule has 1 amide bonds. The number of carbonyl (C=O) groups is 1. The van der Waals surface area contributed by atoms with Gasteiger partial charge in [-0.3, -0.25) is 9.78 Å². The van der Waals surface area contributed by atoms with Crippen molar-refractivity contribution in [2.75, 3.05) is 19.6 Å². The van der Waals surface area contributed by atoms with Crippen LogP contribution in [0.2, 0.25) is 0 Å². The Bertz CT molecular complexity index is 673. The fraction of sp³-hybridized carbons (Fsp3) is 0.294. The Kier molecular flexibility index (Phi) is 4.62. The van der Waals surface area contributed by atoms with Crippen molar-refractivity contribution >= 4 is 5.91 Å². The third kappa shape index (κ3) is 3.37. The van der Waals surface area contributed by atoms with Crippen LogP contribution in [0.1, 0.15) is 17.2 Å². The van der Waals surface area contributed by atoms with Gasteiger partial charge in [-0.1, -0.05) is 12.1 Å². The quantitative estimate of drug-likeness (QED) is 0.943. The molecule has 1 aromatic heterocycles. The van der Waals surface area contributed by atoms with Crippen molar-refractivity contribution in [2.24, 2.45) is 0 Å². The molecule has 6 heteroatoms. The van der Waals surface area contributed by atoms with E-state index in [1.807, 2.05) is 12.1 Å². The van der Waals surface area contributed by atoms with Crippen LogP contribution < -0.4 is 5.32 Å². The molecule has 0 aliphatic carbocycles. The number of halogens is 2. The van der Waals surface area contributed by atoms with Crippen molar-refractivity contribution in [3.8, 4) is 0 Å². The largest absolute Gasteiger partial charge is 0.333 e.